The fourth-order valence-corrected chi connectivity index (χ4v) is 10.00. The Balaban J connectivity index is 1.31. The lowest BCUT2D eigenvalue weighted by Crippen LogP contribution is -2.46. The van der Waals surface area contributed by atoms with Crippen molar-refractivity contribution in [1.29, 1.82) is 0 Å². The number of ether oxygens (including phenoxy) is 1. The molecular weight excluding hydrogens is 963 g/mol. The zero-order valence-corrected chi connectivity index (χ0v) is 41.4. The molecule has 0 radical (unpaired) electrons. The molecule has 2 amide bonds. The number of phosphoric acid groups is 3. The molecule has 0 aliphatic carbocycles. The van der Waals surface area contributed by atoms with Crippen molar-refractivity contribution in [2.75, 3.05) is 37.8 Å². The Hall–Kier alpha value is -2.96. The van der Waals surface area contributed by atoms with Gasteiger partial charge in [0.05, 0.1) is 19.5 Å². The van der Waals surface area contributed by atoms with Crippen molar-refractivity contribution in [2.24, 2.45) is 5.41 Å². The lowest BCUT2D eigenvalue weighted by molar-refractivity contribution is -0.137. The Morgan fingerprint density at radius 2 is 1.57 bits per heavy atom. The molecule has 2 aromatic heterocycles. The minimum atomic E-state index is -5.58. The number of hydrogen-bond donors (Lipinski definition) is 9. The molecule has 0 spiro atoms. The van der Waals surface area contributed by atoms with Crippen LogP contribution in [0, 0.1) is 5.41 Å². The molecule has 1 aliphatic heterocycles. The van der Waals surface area contributed by atoms with E-state index in [0.717, 1.165) is 80.4 Å². The number of imidazole rings is 1. The first-order chi connectivity index (χ1) is 31.6. The molecule has 3 heterocycles. The van der Waals surface area contributed by atoms with E-state index in [-0.39, 0.29) is 41.6 Å². The number of aliphatic hydroxyl groups is 2. The highest BCUT2D eigenvalue weighted by atomic mass is 32.2. The third kappa shape index (κ3) is 21.7. The van der Waals surface area contributed by atoms with E-state index in [1.165, 1.54) is 33.1 Å². The molecule has 0 aromatic carbocycles. The Morgan fingerprint density at radius 1 is 0.910 bits per heavy atom. The van der Waals surface area contributed by atoms with Crippen molar-refractivity contribution in [1.82, 2.24) is 30.2 Å². The number of phosphoric ester groups is 3. The van der Waals surface area contributed by atoms with Crippen LogP contribution in [0.1, 0.15) is 110 Å². The van der Waals surface area contributed by atoms with E-state index < -0.39 is 84.6 Å². The number of aliphatic hydroxyl groups excluding tert-OH is 2. The van der Waals surface area contributed by atoms with Crippen LogP contribution in [0.5, 0.6) is 0 Å². The highest BCUT2D eigenvalue weighted by Crippen LogP contribution is 2.61. The van der Waals surface area contributed by atoms with E-state index in [9.17, 15) is 57.9 Å². The van der Waals surface area contributed by atoms with Gasteiger partial charge in [0.1, 0.15) is 36.3 Å². The van der Waals surface area contributed by atoms with Gasteiger partial charge in [-0.1, -0.05) is 88.9 Å². The molecule has 1 fully saturated rings. The van der Waals surface area contributed by atoms with Crippen molar-refractivity contribution in [3.63, 3.8) is 0 Å². The second kappa shape index (κ2) is 28.6. The SMILES string of the molecule is CCCCC/C=C\C/C=C\CCCCCCCC(=O)SCCNC(=O)CCNC(=O)[C@@H](O)C(C)(C)COP(=O)(O)OP(=O)(O)OC[C@H]1O[C@@H](n2cnc3c(N)ncnc32)[C@H](O)[C@@H]1OP(=O)(O)O. The molecule has 2 aromatic rings. The number of unbranched alkanes of at least 4 members (excludes halogenated alkanes) is 8. The number of allylic oxidation sites excluding steroid dienone is 4. The van der Waals surface area contributed by atoms with E-state index >= 15 is 0 Å². The summed E-state index contributed by atoms with van der Waals surface area (Å²) >= 11 is 1.14. The van der Waals surface area contributed by atoms with E-state index in [4.69, 9.17) is 19.5 Å². The molecule has 10 N–H and O–H groups in total. The summed E-state index contributed by atoms with van der Waals surface area (Å²) in [6.45, 7) is 2.76. The summed E-state index contributed by atoms with van der Waals surface area (Å²) in [5.41, 5.74) is 4.28. The van der Waals surface area contributed by atoms with Gasteiger partial charge in [0.15, 0.2) is 22.8 Å². The fraction of sp³-hybridized carbons (Fsp3) is 0.692. The Kier molecular flexibility index (Phi) is 24.9. The normalized spacial score (nSPS) is 20.3. The second-order valence-electron chi connectivity index (χ2n) is 16.3. The molecule has 3 rings (SSSR count). The van der Waals surface area contributed by atoms with Gasteiger partial charge in [-0.05, 0) is 38.5 Å². The van der Waals surface area contributed by atoms with Crippen LogP contribution in [0.2, 0.25) is 0 Å². The summed E-state index contributed by atoms with van der Waals surface area (Å²) in [6.07, 6.45) is 14.6. The van der Waals surface area contributed by atoms with E-state index in [0.29, 0.717) is 12.2 Å². The number of nitrogens with zero attached hydrogens (tertiary/aromatic N) is 4. The lowest BCUT2D eigenvalue weighted by atomic mass is 9.87. The van der Waals surface area contributed by atoms with Gasteiger partial charge in [0.2, 0.25) is 11.8 Å². The number of carbonyl (C=O) groups excluding carboxylic acids is 3. The highest BCUT2D eigenvalue weighted by molar-refractivity contribution is 8.13. The molecule has 1 saturated heterocycles. The molecule has 0 saturated carbocycles. The molecule has 67 heavy (non-hydrogen) atoms. The molecule has 1 aliphatic rings. The van der Waals surface area contributed by atoms with Crippen LogP contribution >= 0.6 is 35.2 Å². The maximum Gasteiger partial charge on any atom is 0.481 e. The Morgan fingerprint density at radius 3 is 2.25 bits per heavy atom. The number of aromatic nitrogens is 4. The first-order valence-electron chi connectivity index (χ1n) is 21.9. The first-order valence-corrected chi connectivity index (χ1v) is 27.4. The van der Waals surface area contributed by atoms with Crippen LogP contribution in [-0.4, -0.2) is 123 Å². The number of nitrogens with one attached hydrogen (secondary N) is 2. The summed E-state index contributed by atoms with van der Waals surface area (Å²) < 4.78 is 62.4. The van der Waals surface area contributed by atoms with Crippen LogP contribution in [0.15, 0.2) is 37.0 Å². The maximum atomic E-state index is 12.7. The summed E-state index contributed by atoms with van der Waals surface area (Å²) in [6, 6.07) is 0. The summed E-state index contributed by atoms with van der Waals surface area (Å²) in [4.78, 5) is 88.3. The molecule has 24 nitrogen and oxygen atoms in total. The van der Waals surface area contributed by atoms with Gasteiger partial charge >= 0.3 is 23.5 Å². The number of thioether (sulfide) groups is 1. The molecule has 0 bridgehead atoms. The average Bonchev–Trinajstić information content (AvgIpc) is 3.81. The van der Waals surface area contributed by atoms with E-state index in [1.54, 1.807) is 0 Å². The van der Waals surface area contributed by atoms with E-state index in [2.05, 4.69) is 65.6 Å². The third-order valence-electron chi connectivity index (χ3n) is 10.1. The van der Waals surface area contributed by atoms with Crippen molar-refractivity contribution in [3.8, 4) is 0 Å². The zero-order valence-electron chi connectivity index (χ0n) is 37.9. The number of nitrogen functional groups attached to an aromatic ring is 1. The van der Waals surface area contributed by atoms with Gasteiger partial charge in [0.25, 0.3) is 0 Å². The Labute approximate surface area is 393 Å². The number of fused-ring (bicyclic) bond motifs is 1. The van der Waals surface area contributed by atoms with Gasteiger partial charge in [-0.25, -0.2) is 28.6 Å². The van der Waals surface area contributed by atoms with Crippen LogP contribution in [0.25, 0.3) is 11.2 Å². The van der Waals surface area contributed by atoms with E-state index in [1.807, 2.05) is 0 Å². The number of nitrogens with two attached hydrogens (primary N) is 1. The number of rotatable bonds is 33. The van der Waals surface area contributed by atoms with Crippen molar-refractivity contribution in [3.05, 3.63) is 37.0 Å². The standard InChI is InChI=1S/C39H66N7O17P3S/c1-4-5-6-7-8-9-10-11-12-13-14-15-16-17-18-19-30(48)67-23-22-41-29(47)20-21-42-37(51)34(50)39(2,3)25-60-66(57,58)63-65(55,56)59-24-28-33(62-64(52,53)54)32(49)38(61-28)46-27-45-31-35(40)43-26-44-36(31)46/h8-9,11-12,26-28,32-34,38,49-50H,4-7,10,13-25H2,1-3H3,(H,41,47)(H,42,51)(H,55,56)(H,57,58)(H2,40,43,44)(H2,52,53,54)/b9-8-,12-11-/t28-,32-,33-,34-,38-/m1/s1. The summed E-state index contributed by atoms with van der Waals surface area (Å²) in [5, 5.41) is 26.6. The summed E-state index contributed by atoms with van der Waals surface area (Å²) in [5.74, 6) is -1.04. The van der Waals surface area contributed by atoms with Crippen molar-refractivity contribution < 1.29 is 80.5 Å². The van der Waals surface area contributed by atoms with Crippen LogP contribution in [0.4, 0.5) is 5.82 Å². The van der Waals surface area contributed by atoms with Crippen molar-refractivity contribution >= 4 is 69.1 Å². The number of amides is 2. The number of carbonyl (C=O) groups is 3. The van der Waals surface area contributed by atoms with Gasteiger partial charge in [-0.2, -0.15) is 4.31 Å². The minimum absolute atomic E-state index is 0.0323. The summed E-state index contributed by atoms with van der Waals surface area (Å²) in [7, 11) is -16.4. The number of anilines is 1. The molecule has 2 unspecified atom stereocenters. The Bertz CT molecular complexity index is 2090. The minimum Gasteiger partial charge on any atom is -0.386 e. The smallest absolute Gasteiger partial charge is 0.386 e. The van der Waals surface area contributed by atoms with Crippen LogP contribution in [0.3, 0.4) is 0 Å². The predicted octanol–water partition coefficient (Wildman–Crippen LogP) is 4.48. The molecule has 7 atom stereocenters. The monoisotopic (exact) mass is 1030 g/mol. The predicted molar refractivity (Wildman–Crippen MR) is 246 cm³/mol. The van der Waals surface area contributed by atoms with Gasteiger partial charge < -0.3 is 50.9 Å². The fourth-order valence-electron chi connectivity index (χ4n) is 6.45. The molecule has 28 heteroatoms. The van der Waals surface area contributed by atoms with Crippen LogP contribution < -0.4 is 16.4 Å². The number of hydrogen-bond acceptors (Lipinski definition) is 18. The van der Waals surface area contributed by atoms with Gasteiger partial charge in [0, 0.05) is 37.1 Å². The zero-order chi connectivity index (χ0) is 49.7. The first kappa shape index (κ1) is 58.4. The van der Waals surface area contributed by atoms with Gasteiger partial charge in [-0.15, -0.1) is 0 Å². The lowest BCUT2D eigenvalue weighted by Gasteiger charge is -2.30. The largest absolute Gasteiger partial charge is 0.481 e. The quantitative estimate of drug-likeness (QED) is 0.0270. The maximum absolute atomic E-state index is 12.7. The highest BCUT2D eigenvalue weighted by Gasteiger charge is 2.50. The molecular formula is C39H66N7O17P3S. The molecule has 380 valence electrons. The second-order valence-corrected chi connectivity index (χ2v) is 21.7. The topological polar surface area (TPSA) is 364 Å². The third-order valence-corrected chi connectivity index (χ3v) is 14.1. The van der Waals surface area contributed by atoms with Gasteiger partial charge in [-0.3, -0.25) is 32.5 Å². The van der Waals surface area contributed by atoms with Crippen LogP contribution in [-0.2, 0) is 50.7 Å². The average molecular weight is 1030 g/mol. The van der Waals surface area contributed by atoms with Crippen molar-refractivity contribution in [2.45, 2.75) is 135 Å².